The Morgan fingerprint density at radius 2 is 1.67 bits per heavy atom. The Hall–Kier alpha value is -2.38. The van der Waals surface area contributed by atoms with E-state index in [0.717, 1.165) is 18.8 Å². The van der Waals surface area contributed by atoms with Crippen molar-refractivity contribution in [3.8, 4) is 0 Å². The van der Waals surface area contributed by atoms with Gasteiger partial charge in [-0.15, -0.1) is 11.3 Å². The molecule has 7 heteroatoms. The zero-order chi connectivity index (χ0) is 16.6. The molecule has 0 saturated heterocycles. The summed E-state index contributed by atoms with van der Waals surface area (Å²) in [6.45, 7) is 1.69. The van der Waals surface area contributed by atoms with Crippen LogP contribution in [0, 0.1) is 0 Å². The van der Waals surface area contributed by atoms with Gasteiger partial charge in [0.15, 0.2) is 5.13 Å². The van der Waals surface area contributed by atoms with Crippen LogP contribution in [-0.4, -0.2) is 13.4 Å². The molecule has 0 atom stereocenters. The third kappa shape index (κ3) is 2.88. The fourth-order valence-corrected chi connectivity index (χ4v) is 4.59. The number of hydrogen-bond acceptors (Lipinski definition) is 5. The van der Waals surface area contributed by atoms with E-state index in [9.17, 15) is 8.42 Å². The molecule has 0 bridgehead atoms. The topological polar surface area (TPSA) is 62.3 Å². The normalized spacial score (nSPS) is 13.8. The van der Waals surface area contributed by atoms with E-state index in [1.807, 2.05) is 24.3 Å². The van der Waals surface area contributed by atoms with Gasteiger partial charge in [0.25, 0.3) is 10.0 Å². The largest absolute Gasteiger partial charge is 0.363 e. The molecule has 1 aromatic heterocycles. The highest BCUT2D eigenvalue weighted by Crippen LogP contribution is 2.29. The van der Waals surface area contributed by atoms with Crippen molar-refractivity contribution in [1.29, 1.82) is 0 Å². The van der Waals surface area contributed by atoms with Crippen LogP contribution in [0.4, 0.5) is 10.8 Å². The van der Waals surface area contributed by atoms with Crippen LogP contribution in [0.25, 0.3) is 0 Å². The Balaban J connectivity index is 1.53. The summed E-state index contributed by atoms with van der Waals surface area (Å²) in [4.78, 5) is 6.42. The second kappa shape index (κ2) is 5.92. The average molecular weight is 357 g/mol. The molecule has 4 rings (SSSR count). The second-order valence-corrected chi connectivity index (χ2v) is 8.14. The molecule has 0 spiro atoms. The third-order valence-corrected chi connectivity index (χ3v) is 6.18. The smallest absolute Gasteiger partial charge is 0.263 e. The van der Waals surface area contributed by atoms with Gasteiger partial charge in [-0.05, 0) is 35.4 Å². The lowest BCUT2D eigenvalue weighted by Gasteiger charge is -2.18. The van der Waals surface area contributed by atoms with Crippen LogP contribution in [0.3, 0.4) is 0 Å². The fraction of sp³-hybridized carbons (Fsp3) is 0.118. The first-order valence-corrected chi connectivity index (χ1v) is 9.82. The molecular weight excluding hydrogens is 342 g/mol. The maximum atomic E-state index is 12.4. The highest BCUT2D eigenvalue weighted by molar-refractivity contribution is 7.93. The molecule has 24 heavy (non-hydrogen) atoms. The lowest BCUT2D eigenvalue weighted by molar-refractivity contribution is 0.601. The van der Waals surface area contributed by atoms with E-state index in [1.165, 1.54) is 22.5 Å². The van der Waals surface area contributed by atoms with Crippen molar-refractivity contribution in [2.75, 3.05) is 9.62 Å². The van der Waals surface area contributed by atoms with E-state index < -0.39 is 10.0 Å². The van der Waals surface area contributed by atoms with Crippen molar-refractivity contribution in [2.24, 2.45) is 0 Å². The third-order valence-electron chi connectivity index (χ3n) is 4.01. The number of benzene rings is 2. The summed E-state index contributed by atoms with van der Waals surface area (Å²) in [5, 5.41) is 2.10. The molecule has 2 aromatic carbocycles. The summed E-state index contributed by atoms with van der Waals surface area (Å²) in [5.74, 6) is 0. The van der Waals surface area contributed by atoms with Crippen LogP contribution >= 0.6 is 11.3 Å². The van der Waals surface area contributed by atoms with E-state index in [-0.39, 0.29) is 4.90 Å². The van der Waals surface area contributed by atoms with Crippen LogP contribution in [0.15, 0.2) is 65.0 Å². The molecule has 0 fully saturated rings. The fourth-order valence-electron chi connectivity index (χ4n) is 2.80. The Bertz CT molecular complexity index is 927. The number of anilines is 2. The molecule has 0 radical (unpaired) electrons. The van der Waals surface area contributed by atoms with Crippen LogP contribution < -0.4 is 9.62 Å². The van der Waals surface area contributed by atoms with Crippen molar-refractivity contribution in [3.63, 3.8) is 0 Å². The van der Waals surface area contributed by atoms with Crippen molar-refractivity contribution in [2.45, 2.75) is 18.0 Å². The molecule has 2 heterocycles. The second-order valence-electron chi connectivity index (χ2n) is 5.56. The van der Waals surface area contributed by atoms with Crippen LogP contribution in [0.5, 0.6) is 0 Å². The van der Waals surface area contributed by atoms with Gasteiger partial charge in [0.1, 0.15) is 0 Å². The minimum Gasteiger partial charge on any atom is -0.363 e. The average Bonchev–Trinajstić information content (AvgIpc) is 3.23. The standard InChI is InChI=1S/C17H15N3O2S2/c21-24(22,19-17-18-9-10-23-17)16-7-5-15(6-8-16)20-11-13-3-1-2-4-14(13)12-20/h1-10H,11-12H2,(H,18,19). The van der Waals surface area contributed by atoms with Gasteiger partial charge < -0.3 is 4.90 Å². The highest BCUT2D eigenvalue weighted by Gasteiger charge is 2.20. The summed E-state index contributed by atoms with van der Waals surface area (Å²) in [7, 11) is -3.60. The van der Waals surface area contributed by atoms with Gasteiger partial charge in [-0.3, -0.25) is 4.72 Å². The summed E-state index contributed by atoms with van der Waals surface area (Å²) >= 11 is 1.25. The summed E-state index contributed by atoms with van der Waals surface area (Å²) in [6.07, 6.45) is 1.57. The maximum Gasteiger partial charge on any atom is 0.263 e. The number of rotatable bonds is 4. The van der Waals surface area contributed by atoms with Gasteiger partial charge in [0.05, 0.1) is 4.90 Å². The van der Waals surface area contributed by atoms with Gasteiger partial charge >= 0.3 is 0 Å². The summed E-state index contributed by atoms with van der Waals surface area (Å²) in [6, 6.07) is 15.3. The number of nitrogens with one attached hydrogen (secondary N) is 1. The number of thiazole rings is 1. The molecule has 0 amide bonds. The van der Waals surface area contributed by atoms with E-state index in [1.54, 1.807) is 23.7 Å². The van der Waals surface area contributed by atoms with E-state index in [0.29, 0.717) is 5.13 Å². The quantitative estimate of drug-likeness (QED) is 0.777. The van der Waals surface area contributed by atoms with Gasteiger partial charge in [0, 0.05) is 30.4 Å². The number of sulfonamides is 1. The lowest BCUT2D eigenvalue weighted by Crippen LogP contribution is -2.15. The van der Waals surface area contributed by atoms with Crippen LogP contribution in [0.2, 0.25) is 0 Å². The predicted octanol–water partition coefficient (Wildman–Crippen LogP) is 3.46. The van der Waals surface area contributed by atoms with Crippen molar-refractivity contribution in [1.82, 2.24) is 4.98 Å². The van der Waals surface area contributed by atoms with Crippen molar-refractivity contribution in [3.05, 3.63) is 71.2 Å². The molecule has 3 aromatic rings. The molecule has 1 aliphatic rings. The number of hydrogen-bond donors (Lipinski definition) is 1. The molecule has 5 nitrogen and oxygen atoms in total. The Morgan fingerprint density at radius 3 is 2.25 bits per heavy atom. The minimum absolute atomic E-state index is 0.234. The monoisotopic (exact) mass is 357 g/mol. The first-order chi connectivity index (χ1) is 11.6. The van der Waals surface area contributed by atoms with Crippen molar-refractivity contribution >= 4 is 32.2 Å². The van der Waals surface area contributed by atoms with Gasteiger partial charge in [0.2, 0.25) is 0 Å². The molecule has 1 aliphatic heterocycles. The first-order valence-electron chi connectivity index (χ1n) is 7.46. The zero-order valence-electron chi connectivity index (χ0n) is 12.7. The van der Waals surface area contributed by atoms with Gasteiger partial charge in [-0.1, -0.05) is 24.3 Å². The SMILES string of the molecule is O=S(=O)(Nc1nccs1)c1ccc(N2Cc3ccccc3C2)cc1. The Labute approximate surface area is 144 Å². The van der Waals surface area contributed by atoms with Gasteiger partial charge in [-0.2, -0.15) is 0 Å². The van der Waals surface area contributed by atoms with Gasteiger partial charge in [-0.25, -0.2) is 13.4 Å². The number of nitrogens with zero attached hydrogens (tertiary/aromatic N) is 2. The maximum absolute atomic E-state index is 12.4. The summed E-state index contributed by atoms with van der Waals surface area (Å²) < 4.78 is 27.2. The van der Waals surface area contributed by atoms with Crippen LogP contribution in [0.1, 0.15) is 11.1 Å². The molecular formula is C17H15N3O2S2. The first kappa shape index (κ1) is 15.2. The molecule has 0 aliphatic carbocycles. The zero-order valence-corrected chi connectivity index (χ0v) is 14.3. The minimum atomic E-state index is -3.60. The van der Waals surface area contributed by atoms with E-state index >= 15 is 0 Å². The lowest BCUT2D eigenvalue weighted by atomic mass is 10.1. The predicted molar refractivity (Wildman–Crippen MR) is 95.7 cm³/mol. The number of fused-ring (bicyclic) bond motifs is 1. The molecule has 0 saturated carbocycles. The Morgan fingerprint density at radius 1 is 1.00 bits per heavy atom. The molecule has 0 unspecified atom stereocenters. The highest BCUT2D eigenvalue weighted by atomic mass is 32.2. The van der Waals surface area contributed by atoms with Crippen LogP contribution in [-0.2, 0) is 23.1 Å². The molecule has 122 valence electrons. The number of aromatic nitrogens is 1. The van der Waals surface area contributed by atoms with Crippen molar-refractivity contribution < 1.29 is 8.42 Å². The van der Waals surface area contributed by atoms with E-state index in [4.69, 9.17) is 0 Å². The van der Waals surface area contributed by atoms with E-state index in [2.05, 4.69) is 26.7 Å². The Kier molecular flexibility index (Phi) is 3.74. The summed E-state index contributed by atoms with van der Waals surface area (Å²) in [5.41, 5.74) is 3.65. The molecule has 1 N–H and O–H groups in total.